The third-order valence-electron chi connectivity index (χ3n) is 15.6. The molecule has 6 heteroatoms. The second kappa shape index (κ2) is 19.0. The fraction of sp³-hybridized carbons (Fsp3) is 0.304. The number of hydrogen-bond donors (Lipinski definition) is 0. The molecule has 3 heterocycles. The molecule has 1 aliphatic carbocycles. The monoisotopic (exact) mass is 1170 g/mol. The van der Waals surface area contributed by atoms with Crippen LogP contribution in [-0.2, 0) is 49.1 Å². The van der Waals surface area contributed by atoms with Crippen molar-refractivity contribution < 1.29 is 25.8 Å². The zero-order valence-electron chi connectivity index (χ0n) is 46.1. The molecule has 0 saturated heterocycles. The van der Waals surface area contributed by atoms with Crippen LogP contribution in [0.15, 0.2) is 152 Å². The second-order valence-electron chi connectivity index (χ2n) is 25.6. The van der Waals surface area contributed by atoms with Gasteiger partial charge in [-0.2, -0.15) is 12.1 Å². The summed E-state index contributed by atoms with van der Waals surface area (Å²) in [4.78, 5) is 9.58. The summed E-state index contributed by atoms with van der Waals surface area (Å²) in [7, 11) is 0. The van der Waals surface area contributed by atoms with Crippen molar-refractivity contribution in [1.29, 1.82) is 0 Å². The smallest absolute Gasteiger partial charge is 0.135 e. The van der Waals surface area contributed by atoms with E-state index in [1.54, 1.807) is 0 Å². The molecular formula is C69H71N4OPt-3. The van der Waals surface area contributed by atoms with Crippen molar-refractivity contribution in [3.8, 4) is 39.6 Å². The first kappa shape index (κ1) is 52.0. The minimum absolute atomic E-state index is 0. The molecule has 0 spiro atoms. The van der Waals surface area contributed by atoms with Crippen LogP contribution in [0.5, 0.6) is 11.5 Å². The topological polar surface area (TPSA) is 33.5 Å². The number of ether oxygens (including phenoxy) is 1. The predicted octanol–water partition coefficient (Wildman–Crippen LogP) is 18.8. The fourth-order valence-electron chi connectivity index (χ4n) is 11.4. The third kappa shape index (κ3) is 9.87. The molecule has 1 aliphatic heterocycles. The molecule has 0 radical (unpaired) electrons. The van der Waals surface area contributed by atoms with E-state index in [4.69, 9.17) is 9.72 Å². The van der Waals surface area contributed by atoms with Gasteiger partial charge in [-0.15, -0.1) is 48.1 Å². The molecule has 0 amide bonds. The van der Waals surface area contributed by atoms with Crippen LogP contribution in [0.4, 0.5) is 22.7 Å². The van der Waals surface area contributed by atoms with Crippen LogP contribution >= 0.6 is 0 Å². The molecule has 0 unspecified atom stereocenters. The van der Waals surface area contributed by atoms with Gasteiger partial charge in [0.15, 0.2) is 0 Å². The number of fused-ring (bicyclic) bond motifs is 5. The SMILES string of the molecule is CC(C)(C)Cc1cc(-c2cccc(-c3ccc4c(c3)C(C)(C)CCC4(C)C)c2N2[CH-]N(c3[c-]c(Oc4[c-]c5c(cc4)c4ccccc4n5-c4cc(C(C)(C)C)ccn4)ccc3)c3ccccc32)cc(C(C)(C)C)c1.[Pt]. The Morgan fingerprint density at radius 3 is 1.95 bits per heavy atom. The van der Waals surface area contributed by atoms with Crippen molar-refractivity contribution in [3.05, 3.63) is 198 Å². The number of aromatic nitrogens is 2. The normalized spacial score (nSPS) is 15.2. The fourth-order valence-corrected chi connectivity index (χ4v) is 11.4. The minimum Gasteiger partial charge on any atom is -0.509 e. The van der Waals surface area contributed by atoms with E-state index in [1.807, 2.05) is 18.3 Å². The van der Waals surface area contributed by atoms with Crippen LogP contribution in [0.2, 0.25) is 0 Å². The molecule has 0 bridgehead atoms. The summed E-state index contributed by atoms with van der Waals surface area (Å²) >= 11 is 0. The van der Waals surface area contributed by atoms with Gasteiger partial charge in [0, 0.05) is 72.5 Å². The Hall–Kier alpha value is -6.42. The Bertz CT molecular complexity index is 3630. The number of nitrogens with zero attached hydrogens (tertiary/aromatic N) is 4. The molecule has 0 N–H and O–H groups in total. The second-order valence-corrected chi connectivity index (χ2v) is 25.6. The van der Waals surface area contributed by atoms with E-state index in [2.05, 4.69) is 257 Å². The molecule has 11 rings (SSSR count). The van der Waals surface area contributed by atoms with Gasteiger partial charge in [0.05, 0.1) is 0 Å². The van der Waals surface area contributed by atoms with Crippen molar-refractivity contribution in [2.75, 3.05) is 9.80 Å². The van der Waals surface area contributed by atoms with Gasteiger partial charge in [0.25, 0.3) is 0 Å². The van der Waals surface area contributed by atoms with E-state index in [1.165, 1.54) is 56.5 Å². The van der Waals surface area contributed by atoms with Gasteiger partial charge >= 0.3 is 0 Å². The maximum Gasteiger partial charge on any atom is 0.135 e. The average Bonchev–Trinajstić information content (AvgIpc) is 3.90. The first-order valence-electron chi connectivity index (χ1n) is 26.6. The van der Waals surface area contributed by atoms with Gasteiger partial charge < -0.3 is 19.1 Å². The Morgan fingerprint density at radius 2 is 1.23 bits per heavy atom. The number of anilines is 4. The Labute approximate surface area is 461 Å². The van der Waals surface area contributed by atoms with Gasteiger partial charge in [-0.3, -0.25) is 0 Å². The van der Waals surface area contributed by atoms with Crippen molar-refractivity contribution >= 4 is 44.6 Å². The van der Waals surface area contributed by atoms with Crippen molar-refractivity contribution in [2.24, 2.45) is 5.41 Å². The standard InChI is InChI=1S/C69H71N4O.Pt/c1-65(2,3)43-45-36-47(38-49(37-45)67(7,8)9)54-24-19-23-53(46-28-31-57-58(39-46)69(12,13)34-33-68(57,10)11)64(54)72-44-71(60-26-16-17-27-61(60)72)50-20-18-21-51(41-50)74-52-29-30-56-55-22-14-15-25-59(55)73(62(56)42-52)63-40-48(32-35-70-63)66(4,5)6;/h14-32,35-40,44H,33-34,43H2,1-13H3;/q-3;. The summed E-state index contributed by atoms with van der Waals surface area (Å²) in [5, 5.41) is 2.24. The van der Waals surface area contributed by atoms with E-state index in [9.17, 15) is 0 Å². The van der Waals surface area contributed by atoms with Crippen molar-refractivity contribution in [2.45, 2.75) is 131 Å². The van der Waals surface area contributed by atoms with Gasteiger partial charge in [-0.25, -0.2) is 4.98 Å². The Kier molecular flexibility index (Phi) is 13.2. The number of benzene rings is 7. The molecule has 386 valence electrons. The van der Waals surface area contributed by atoms with E-state index < -0.39 is 0 Å². The van der Waals surface area contributed by atoms with E-state index in [0.29, 0.717) is 11.5 Å². The van der Waals surface area contributed by atoms with Crippen LogP contribution in [0.25, 0.3) is 49.9 Å². The average molecular weight is 1170 g/mol. The van der Waals surface area contributed by atoms with E-state index >= 15 is 0 Å². The quantitative estimate of drug-likeness (QED) is 0.142. The largest absolute Gasteiger partial charge is 0.509 e. The molecular weight excluding hydrogens is 1100 g/mol. The zero-order chi connectivity index (χ0) is 52.1. The van der Waals surface area contributed by atoms with Crippen LogP contribution in [0, 0.1) is 24.2 Å². The summed E-state index contributed by atoms with van der Waals surface area (Å²) < 4.78 is 8.98. The molecule has 9 aromatic rings. The predicted molar refractivity (Wildman–Crippen MR) is 311 cm³/mol. The number of rotatable bonds is 8. The Morgan fingerprint density at radius 1 is 0.573 bits per heavy atom. The van der Waals surface area contributed by atoms with Crippen LogP contribution in [0.3, 0.4) is 0 Å². The van der Waals surface area contributed by atoms with E-state index in [0.717, 1.165) is 63.2 Å². The van der Waals surface area contributed by atoms with Crippen LogP contribution in [-0.4, -0.2) is 9.55 Å². The summed E-state index contributed by atoms with van der Waals surface area (Å²) in [6, 6.07) is 60.8. The van der Waals surface area contributed by atoms with Gasteiger partial charge in [0.1, 0.15) is 5.82 Å². The molecule has 0 saturated carbocycles. The number of para-hydroxylation sites is 4. The summed E-state index contributed by atoms with van der Waals surface area (Å²) in [6.45, 7) is 32.6. The maximum absolute atomic E-state index is 6.77. The summed E-state index contributed by atoms with van der Waals surface area (Å²) in [6.07, 6.45) is 5.22. The van der Waals surface area contributed by atoms with Gasteiger partial charge in [-0.05, 0) is 121 Å². The molecule has 2 aliphatic rings. The molecule has 75 heavy (non-hydrogen) atoms. The minimum atomic E-state index is -0.0411. The van der Waals surface area contributed by atoms with Crippen LogP contribution < -0.4 is 14.5 Å². The van der Waals surface area contributed by atoms with Gasteiger partial charge in [0.2, 0.25) is 0 Å². The van der Waals surface area contributed by atoms with Crippen LogP contribution in [0.1, 0.15) is 131 Å². The van der Waals surface area contributed by atoms with Crippen molar-refractivity contribution in [1.82, 2.24) is 9.55 Å². The van der Waals surface area contributed by atoms with Crippen molar-refractivity contribution in [3.63, 3.8) is 0 Å². The molecule has 2 aromatic heterocycles. The zero-order valence-corrected chi connectivity index (χ0v) is 48.4. The molecule has 7 aromatic carbocycles. The first-order chi connectivity index (χ1) is 35.0. The Balaban J connectivity index is 0.00000641. The number of hydrogen-bond acceptors (Lipinski definition) is 4. The summed E-state index contributed by atoms with van der Waals surface area (Å²) in [5.74, 6) is 2.06. The van der Waals surface area contributed by atoms with E-state index in [-0.39, 0.29) is 48.1 Å². The molecule has 0 fully saturated rings. The first-order valence-corrected chi connectivity index (χ1v) is 26.6. The summed E-state index contributed by atoms with van der Waals surface area (Å²) in [5.41, 5.74) is 18.1. The maximum atomic E-state index is 6.77. The van der Waals surface area contributed by atoms with Gasteiger partial charge in [-0.1, -0.05) is 180 Å². The molecule has 0 atom stereocenters. The molecule has 5 nitrogen and oxygen atoms in total. The number of pyridine rings is 1. The third-order valence-corrected chi connectivity index (χ3v) is 15.6.